The third kappa shape index (κ3) is 5.38. The van der Waals surface area contributed by atoms with Crippen molar-refractivity contribution in [3.05, 3.63) is 58.1 Å². The summed E-state index contributed by atoms with van der Waals surface area (Å²) in [6.07, 6.45) is 0. The molecule has 0 aliphatic heterocycles. The van der Waals surface area contributed by atoms with Gasteiger partial charge in [-0.05, 0) is 35.9 Å². The lowest BCUT2D eigenvalue weighted by Crippen LogP contribution is -2.24. The van der Waals surface area contributed by atoms with Crippen LogP contribution in [-0.2, 0) is 11.3 Å². The second-order valence-electron chi connectivity index (χ2n) is 5.50. The molecule has 0 saturated carbocycles. The van der Waals surface area contributed by atoms with Crippen molar-refractivity contribution in [2.24, 2.45) is 0 Å². The molecule has 0 radical (unpaired) electrons. The number of rotatable bonds is 7. The highest BCUT2D eigenvalue weighted by Gasteiger charge is 2.13. The smallest absolute Gasteiger partial charge is 0.230 e. The molecule has 0 saturated heterocycles. The highest BCUT2D eigenvalue weighted by Crippen LogP contribution is 2.31. The van der Waals surface area contributed by atoms with Gasteiger partial charge in [0.15, 0.2) is 5.82 Å². The number of hydrogen-bond acceptors (Lipinski definition) is 5. The minimum atomic E-state index is -0.110. The van der Waals surface area contributed by atoms with Gasteiger partial charge in [-0.25, -0.2) is 4.98 Å². The number of hydrogen-bond donors (Lipinski definition) is 2. The lowest BCUT2D eigenvalue weighted by atomic mass is 10.2. The normalized spacial score (nSPS) is 10.6. The van der Waals surface area contributed by atoms with E-state index < -0.39 is 0 Å². The monoisotopic (exact) mass is 422 g/mol. The first kappa shape index (κ1) is 19.5. The Bertz CT molecular complexity index is 931. The van der Waals surface area contributed by atoms with Crippen LogP contribution in [0.5, 0.6) is 5.75 Å². The van der Waals surface area contributed by atoms with Gasteiger partial charge in [0.05, 0.1) is 18.4 Å². The van der Waals surface area contributed by atoms with E-state index in [1.807, 2.05) is 12.1 Å². The van der Waals surface area contributed by atoms with Crippen LogP contribution in [-0.4, -0.2) is 34.0 Å². The van der Waals surface area contributed by atoms with E-state index in [2.05, 4.69) is 20.5 Å². The second-order valence-corrected chi connectivity index (χ2v) is 7.32. The van der Waals surface area contributed by atoms with E-state index in [1.54, 1.807) is 37.4 Å². The minimum absolute atomic E-state index is 0.110. The molecule has 1 aromatic heterocycles. The van der Waals surface area contributed by atoms with Crippen LogP contribution in [0.1, 0.15) is 5.56 Å². The van der Waals surface area contributed by atoms with Gasteiger partial charge in [0, 0.05) is 16.6 Å². The van der Waals surface area contributed by atoms with Crippen LogP contribution >= 0.6 is 35.0 Å². The Morgan fingerprint density at radius 2 is 1.93 bits per heavy atom. The van der Waals surface area contributed by atoms with Gasteiger partial charge in [-0.2, -0.15) is 0 Å². The van der Waals surface area contributed by atoms with Gasteiger partial charge in [0.2, 0.25) is 11.1 Å². The van der Waals surface area contributed by atoms with Crippen molar-refractivity contribution in [2.45, 2.75) is 11.7 Å². The Kier molecular flexibility index (Phi) is 6.60. The Hall–Kier alpha value is -2.22. The van der Waals surface area contributed by atoms with Crippen molar-refractivity contribution in [2.75, 3.05) is 12.9 Å². The standard InChI is InChI=1S/C18H16Cl2N4O2S/c1-26-15-7-6-13(20)8-14(15)17-22-18(24-23-17)27-10-16(25)21-9-11-2-4-12(19)5-3-11/h2-8H,9-10H2,1H3,(H,21,25)(H,22,23,24). The number of aromatic nitrogens is 3. The Balaban J connectivity index is 1.56. The summed E-state index contributed by atoms with van der Waals surface area (Å²) >= 11 is 13.1. The van der Waals surface area contributed by atoms with E-state index in [0.29, 0.717) is 38.9 Å². The summed E-state index contributed by atoms with van der Waals surface area (Å²) < 4.78 is 5.32. The third-order valence-corrected chi connectivity index (χ3v) is 4.95. The van der Waals surface area contributed by atoms with Gasteiger partial charge in [-0.15, -0.1) is 5.10 Å². The number of carbonyl (C=O) groups is 1. The molecule has 27 heavy (non-hydrogen) atoms. The van der Waals surface area contributed by atoms with Crippen molar-refractivity contribution in [1.29, 1.82) is 0 Å². The summed E-state index contributed by atoms with van der Waals surface area (Å²) in [7, 11) is 1.57. The molecule has 0 aliphatic rings. The summed E-state index contributed by atoms with van der Waals surface area (Å²) in [4.78, 5) is 16.4. The number of nitrogens with zero attached hydrogens (tertiary/aromatic N) is 2. The fourth-order valence-corrected chi connectivity index (χ4v) is 3.21. The Morgan fingerprint density at radius 3 is 2.67 bits per heavy atom. The van der Waals surface area contributed by atoms with Gasteiger partial charge in [-0.3, -0.25) is 9.89 Å². The van der Waals surface area contributed by atoms with Crippen molar-refractivity contribution in [3.8, 4) is 17.1 Å². The number of ether oxygens (including phenoxy) is 1. The molecule has 3 aromatic rings. The lowest BCUT2D eigenvalue weighted by molar-refractivity contribution is -0.118. The number of amides is 1. The number of thioether (sulfide) groups is 1. The molecule has 0 spiro atoms. The zero-order valence-corrected chi connectivity index (χ0v) is 16.7. The number of benzene rings is 2. The van der Waals surface area contributed by atoms with Crippen LogP contribution in [0, 0.1) is 0 Å². The van der Waals surface area contributed by atoms with Crippen molar-refractivity contribution < 1.29 is 9.53 Å². The highest BCUT2D eigenvalue weighted by atomic mass is 35.5. The number of carbonyl (C=O) groups excluding carboxylic acids is 1. The summed E-state index contributed by atoms with van der Waals surface area (Å²) in [5.74, 6) is 1.25. The van der Waals surface area contributed by atoms with Crippen molar-refractivity contribution >= 4 is 40.9 Å². The number of methoxy groups -OCH3 is 1. The third-order valence-electron chi connectivity index (χ3n) is 3.62. The maximum atomic E-state index is 12.0. The van der Waals surface area contributed by atoms with Gasteiger partial charge in [0.1, 0.15) is 5.75 Å². The zero-order chi connectivity index (χ0) is 19.2. The SMILES string of the molecule is COc1ccc(Cl)cc1-c1nc(SCC(=O)NCc2ccc(Cl)cc2)n[nH]1. The first-order valence-corrected chi connectivity index (χ1v) is 9.69. The predicted octanol–water partition coefficient (Wildman–Crippen LogP) is 4.20. The number of halogens is 2. The maximum Gasteiger partial charge on any atom is 0.230 e. The van der Waals surface area contributed by atoms with E-state index in [1.165, 1.54) is 11.8 Å². The largest absolute Gasteiger partial charge is 0.496 e. The summed E-state index contributed by atoms with van der Waals surface area (Å²) in [6.45, 7) is 0.440. The van der Waals surface area contributed by atoms with Crippen LogP contribution in [0.2, 0.25) is 10.0 Å². The average Bonchev–Trinajstić information content (AvgIpc) is 3.15. The van der Waals surface area contributed by atoms with E-state index in [9.17, 15) is 4.79 Å². The molecule has 0 unspecified atom stereocenters. The van der Waals surface area contributed by atoms with Crippen LogP contribution in [0.25, 0.3) is 11.4 Å². The van der Waals surface area contributed by atoms with E-state index in [4.69, 9.17) is 27.9 Å². The fraction of sp³-hybridized carbons (Fsp3) is 0.167. The summed E-state index contributed by atoms with van der Waals surface area (Å²) in [5, 5.41) is 11.5. The van der Waals surface area contributed by atoms with Crippen LogP contribution in [0.3, 0.4) is 0 Å². The molecule has 1 heterocycles. The maximum absolute atomic E-state index is 12.0. The average molecular weight is 423 g/mol. The molecule has 6 nitrogen and oxygen atoms in total. The molecule has 0 aliphatic carbocycles. The lowest BCUT2D eigenvalue weighted by Gasteiger charge is -2.05. The molecule has 2 aromatic carbocycles. The molecule has 0 fully saturated rings. The van der Waals surface area contributed by atoms with Gasteiger partial charge in [-0.1, -0.05) is 47.1 Å². The minimum Gasteiger partial charge on any atom is -0.496 e. The van der Waals surface area contributed by atoms with Crippen molar-refractivity contribution in [1.82, 2.24) is 20.5 Å². The number of nitrogens with one attached hydrogen (secondary N) is 2. The van der Waals surface area contributed by atoms with E-state index in [-0.39, 0.29) is 11.7 Å². The first-order chi connectivity index (χ1) is 13.0. The van der Waals surface area contributed by atoms with Gasteiger partial charge in [0.25, 0.3) is 0 Å². The van der Waals surface area contributed by atoms with Crippen molar-refractivity contribution in [3.63, 3.8) is 0 Å². The topological polar surface area (TPSA) is 79.9 Å². The van der Waals surface area contributed by atoms with Crippen LogP contribution < -0.4 is 10.1 Å². The summed E-state index contributed by atoms with van der Waals surface area (Å²) in [5.41, 5.74) is 1.68. The first-order valence-electron chi connectivity index (χ1n) is 7.95. The van der Waals surface area contributed by atoms with E-state index in [0.717, 1.165) is 5.56 Å². The molecule has 2 N–H and O–H groups in total. The van der Waals surface area contributed by atoms with E-state index >= 15 is 0 Å². The fourth-order valence-electron chi connectivity index (χ4n) is 2.28. The zero-order valence-electron chi connectivity index (χ0n) is 14.3. The van der Waals surface area contributed by atoms with Gasteiger partial charge < -0.3 is 10.1 Å². The molecule has 0 atom stereocenters. The molecular formula is C18H16Cl2N4O2S. The van der Waals surface area contributed by atoms with Crippen LogP contribution in [0.15, 0.2) is 47.6 Å². The highest BCUT2D eigenvalue weighted by molar-refractivity contribution is 7.99. The second kappa shape index (κ2) is 9.12. The van der Waals surface area contributed by atoms with Crippen LogP contribution in [0.4, 0.5) is 0 Å². The molecule has 9 heteroatoms. The predicted molar refractivity (Wildman–Crippen MR) is 107 cm³/mol. The molecule has 140 valence electrons. The molecule has 0 bridgehead atoms. The molecule has 3 rings (SSSR count). The quantitative estimate of drug-likeness (QED) is 0.557. The van der Waals surface area contributed by atoms with Gasteiger partial charge >= 0.3 is 0 Å². The Labute approximate surface area is 170 Å². The number of aromatic amines is 1. The number of H-pyrrole nitrogens is 1. The summed E-state index contributed by atoms with van der Waals surface area (Å²) in [6, 6.07) is 12.6. The Morgan fingerprint density at radius 1 is 1.19 bits per heavy atom. The molecule has 1 amide bonds. The molecular weight excluding hydrogens is 407 g/mol.